The monoisotopic (exact) mass is 249 g/mol. The van der Waals surface area contributed by atoms with E-state index in [9.17, 15) is 4.79 Å². The molecule has 0 saturated carbocycles. The number of benzene rings is 1. The quantitative estimate of drug-likeness (QED) is 0.753. The van der Waals surface area contributed by atoms with Crippen molar-refractivity contribution in [1.82, 2.24) is 0 Å². The number of hydrogen-bond donors (Lipinski definition) is 1. The Balaban J connectivity index is 2.65. The maximum atomic E-state index is 11.7. The van der Waals surface area contributed by atoms with Crippen molar-refractivity contribution in [3.05, 3.63) is 29.8 Å². The van der Waals surface area contributed by atoms with Crippen LogP contribution in [0.5, 0.6) is 0 Å². The molecule has 1 atom stereocenters. The van der Waals surface area contributed by atoms with Gasteiger partial charge >= 0.3 is 5.97 Å². The first kappa shape index (κ1) is 14.6. The second kappa shape index (κ2) is 7.75. The molecule has 0 radical (unpaired) electrons. The van der Waals surface area contributed by atoms with Gasteiger partial charge in [0.25, 0.3) is 0 Å². The van der Waals surface area contributed by atoms with Crippen LogP contribution in [0.3, 0.4) is 0 Å². The van der Waals surface area contributed by atoms with E-state index < -0.39 is 0 Å². The minimum absolute atomic E-state index is 0.192. The van der Waals surface area contributed by atoms with Crippen molar-refractivity contribution in [3.8, 4) is 0 Å². The zero-order valence-corrected chi connectivity index (χ0v) is 11.5. The lowest BCUT2D eigenvalue weighted by molar-refractivity contribution is -0.141. The van der Waals surface area contributed by atoms with Crippen molar-refractivity contribution in [2.75, 3.05) is 12.4 Å². The number of ether oxygens (including phenoxy) is 1. The van der Waals surface area contributed by atoms with E-state index in [4.69, 9.17) is 4.74 Å². The zero-order chi connectivity index (χ0) is 13.4. The summed E-state index contributed by atoms with van der Waals surface area (Å²) in [6.45, 7) is 4.24. The fourth-order valence-electron chi connectivity index (χ4n) is 1.84. The molecule has 3 heteroatoms. The molecule has 0 aliphatic heterocycles. The summed E-state index contributed by atoms with van der Waals surface area (Å²) >= 11 is 0. The second-order valence-electron chi connectivity index (χ2n) is 4.41. The maximum Gasteiger partial charge on any atom is 0.328 e. The molecule has 0 amide bonds. The molecule has 0 bridgehead atoms. The van der Waals surface area contributed by atoms with E-state index in [1.807, 2.05) is 12.1 Å². The van der Waals surface area contributed by atoms with Crippen molar-refractivity contribution in [3.63, 3.8) is 0 Å². The van der Waals surface area contributed by atoms with Crippen LogP contribution in [0.2, 0.25) is 0 Å². The van der Waals surface area contributed by atoms with Crippen LogP contribution in [0.4, 0.5) is 5.69 Å². The van der Waals surface area contributed by atoms with Gasteiger partial charge in [-0.2, -0.15) is 0 Å². The topological polar surface area (TPSA) is 38.3 Å². The van der Waals surface area contributed by atoms with Crippen molar-refractivity contribution in [2.24, 2.45) is 0 Å². The number of carbonyl (C=O) groups is 1. The van der Waals surface area contributed by atoms with Gasteiger partial charge in [0.2, 0.25) is 0 Å². The standard InChI is InChI=1S/C15H23NO2/c1-4-6-7-14(15(17)18-3)16-13-10-8-12(5-2)9-11-13/h8-11,14,16H,4-7H2,1-3H3. The van der Waals surface area contributed by atoms with E-state index in [1.54, 1.807) is 0 Å². The Kier molecular flexibility index (Phi) is 6.26. The second-order valence-corrected chi connectivity index (χ2v) is 4.41. The van der Waals surface area contributed by atoms with Gasteiger partial charge in [0.15, 0.2) is 0 Å². The third kappa shape index (κ3) is 4.40. The molecule has 0 heterocycles. The highest BCUT2D eigenvalue weighted by molar-refractivity contribution is 5.79. The summed E-state index contributed by atoms with van der Waals surface area (Å²) in [5.41, 5.74) is 2.27. The highest BCUT2D eigenvalue weighted by Gasteiger charge is 2.17. The average molecular weight is 249 g/mol. The van der Waals surface area contributed by atoms with Gasteiger partial charge in [-0.3, -0.25) is 0 Å². The molecule has 18 heavy (non-hydrogen) atoms. The van der Waals surface area contributed by atoms with E-state index in [2.05, 4.69) is 31.3 Å². The Morgan fingerprint density at radius 2 is 1.94 bits per heavy atom. The smallest absolute Gasteiger partial charge is 0.328 e. The summed E-state index contributed by atoms with van der Waals surface area (Å²) in [4.78, 5) is 11.7. The fourth-order valence-corrected chi connectivity index (χ4v) is 1.84. The maximum absolute atomic E-state index is 11.7. The lowest BCUT2D eigenvalue weighted by atomic mass is 10.1. The van der Waals surface area contributed by atoms with Crippen LogP contribution in [0.25, 0.3) is 0 Å². The normalized spacial score (nSPS) is 11.9. The van der Waals surface area contributed by atoms with Gasteiger partial charge in [0.05, 0.1) is 7.11 Å². The molecule has 0 aromatic heterocycles. The van der Waals surface area contributed by atoms with Gasteiger partial charge in [-0.25, -0.2) is 4.79 Å². The summed E-state index contributed by atoms with van der Waals surface area (Å²) in [5.74, 6) is -0.192. The predicted octanol–water partition coefficient (Wildman–Crippen LogP) is 3.39. The molecule has 0 aliphatic carbocycles. The molecule has 1 N–H and O–H groups in total. The van der Waals surface area contributed by atoms with Gasteiger partial charge in [0, 0.05) is 5.69 Å². The Morgan fingerprint density at radius 1 is 1.28 bits per heavy atom. The summed E-state index contributed by atoms with van der Waals surface area (Å²) in [6, 6.07) is 7.94. The van der Waals surface area contributed by atoms with Crippen LogP contribution in [0.1, 0.15) is 38.7 Å². The molecule has 3 nitrogen and oxygen atoms in total. The number of esters is 1. The molecular formula is C15H23NO2. The minimum atomic E-state index is -0.248. The van der Waals surface area contributed by atoms with Gasteiger partial charge in [-0.05, 0) is 30.5 Å². The highest BCUT2D eigenvalue weighted by atomic mass is 16.5. The van der Waals surface area contributed by atoms with Crippen LogP contribution in [0, 0.1) is 0 Å². The molecular weight excluding hydrogens is 226 g/mol. The van der Waals surface area contributed by atoms with Crippen molar-refractivity contribution >= 4 is 11.7 Å². The summed E-state index contributed by atoms with van der Waals surface area (Å²) in [7, 11) is 1.43. The SMILES string of the molecule is CCCCC(Nc1ccc(CC)cc1)C(=O)OC. The molecule has 0 aliphatic rings. The fraction of sp³-hybridized carbons (Fsp3) is 0.533. The van der Waals surface area contributed by atoms with Gasteiger partial charge < -0.3 is 10.1 Å². The number of methoxy groups -OCH3 is 1. The van der Waals surface area contributed by atoms with Crippen LogP contribution in [0.15, 0.2) is 24.3 Å². The number of unbranched alkanes of at least 4 members (excludes halogenated alkanes) is 1. The number of nitrogens with one attached hydrogen (secondary N) is 1. The van der Waals surface area contributed by atoms with Crippen LogP contribution in [-0.4, -0.2) is 19.1 Å². The Hall–Kier alpha value is -1.51. The molecule has 100 valence electrons. The first-order chi connectivity index (χ1) is 8.71. The van der Waals surface area contributed by atoms with Gasteiger partial charge in [-0.1, -0.05) is 38.8 Å². The van der Waals surface area contributed by atoms with E-state index in [0.29, 0.717) is 0 Å². The number of anilines is 1. The van der Waals surface area contributed by atoms with Crippen molar-refractivity contribution in [1.29, 1.82) is 0 Å². The number of hydrogen-bond acceptors (Lipinski definition) is 3. The third-order valence-corrected chi connectivity index (χ3v) is 3.04. The molecule has 1 aromatic carbocycles. The largest absolute Gasteiger partial charge is 0.467 e. The molecule has 1 aromatic rings. The molecule has 0 spiro atoms. The summed E-state index contributed by atoms with van der Waals surface area (Å²) in [5, 5.41) is 3.24. The van der Waals surface area contributed by atoms with E-state index in [0.717, 1.165) is 31.4 Å². The molecule has 0 saturated heterocycles. The molecule has 1 unspecified atom stereocenters. The van der Waals surface area contributed by atoms with Crippen molar-refractivity contribution < 1.29 is 9.53 Å². The molecule has 1 rings (SSSR count). The highest BCUT2D eigenvalue weighted by Crippen LogP contribution is 2.14. The van der Waals surface area contributed by atoms with Crippen molar-refractivity contribution in [2.45, 2.75) is 45.6 Å². The molecule has 0 fully saturated rings. The number of aryl methyl sites for hydroxylation is 1. The van der Waals surface area contributed by atoms with E-state index in [-0.39, 0.29) is 12.0 Å². The lowest BCUT2D eigenvalue weighted by Crippen LogP contribution is -2.30. The first-order valence-electron chi connectivity index (χ1n) is 6.64. The third-order valence-electron chi connectivity index (χ3n) is 3.04. The number of rotatable bonds is 7. The summed E-state index contributed by atoms with van der Waals surface area (Å²) < 4.78 is 4.83. The Bertz CT molecular complexity index is 359. The van der Waals surface area contributed by atoms with E-state index >= 15 is 0 Å². The Labute approximate surface area is 110 Å². The van der Waals surface area contributed by atoms with Crippen LogP contribution >= 0.6 is 0 Å². The average Bonchev–Trinajstić information content (AvgIpc) is 2.43. The lowest BCUT2D eigenvalue weighted by Gasteiger charge is -2.17. The van der Waals surface area contributed by atoms with E-state index in [1.165, 1.54) is 12.7 Å². The van der Waals surface area contributed by atoms with Gasteiger partial charge in [0.1, 0.15) is 6.04 Å². The Morgan fingerprint density at radius 3 is 2.44 bits per heavy atom. The van der Waals surface area contributed by atoms with Gasteiger partial charge in [-0.15, -0.1) is 0 Å². The zero-order valence-electron chi connectivity index (χ0n) is 11.5. The predicted molar refractivity (Wildman–Crippen MR) is 74.8 cm³/mol. The minimum Gasteiger partial charge on any atom is -0.467 e. The van der Waals surface area contributed by atoms with Crippen LogP contribution < -0.4 is 5.32 Å². The number of carbonyl (C=O) groups excluding carboxylic acids is 1. The summed E-state index contributed by atoms with van der Waals surface area (Å²) in [6.07, 6.45) is 3.92. The first-order valence-corrected chi connectivity index (χ1v) is 6.64. The van der Waals surface area contributed by atoms with Crippen LogP contribution in [-0.2, 0) is 16.0 Å².